The Labute approximate surface area is 194 Å². The van der Waals surface area contributed by atoms with E-state index in [4.69, 9.17) is 5.73 Å². The number of nitrogens with one attached hydrogen (secondary N) is 3. The fourth-order valence-electron chi connectivity index (χ4n) is 2.76. The van der Waals surface area contributed by atoms with E-state index < -0.39 is 41.8 Å². The molecule has 0 saturated heterocycles. The van der Waals surface area contributed by atoms with E-state index in [1.807, 2.05) is 13.8 Å². The minimum Gasteiger partial charge on any atom is -0.508 e. The molecule has 0 bridgehead atoms. The van der Waals surface area contributed by atoms with Gasteiger partial charge in [-0.25, -0.2) is 4.79 Å². The summed E-state index contributed by atoms with van der Waals surface area (Å²) in [5, 5.41) is 16.7. The first-order valence-corrected chi connectivity index (χ1v) is 10.0. The molecule has 32 heavy (non-hydrogen) atoms. The highest BCUT2D eigenvalue weighted by Crippen LogP contribution is 2.11. The van der Waals surface area contributed by atoms with Crippen LogP contribution in [-0.4, -0.2) is 60.6 Å². The molecule has 1 aromatic rings. The number of amides is 3. The summed E-state index contributed by atoms with van der Waals surface area (Å²) in [5.41, 5.74) is 6.64. The molecule has 180 valence electrons. The summed E-state index contributed by atoms with van der Waals surface area (Å²) < 4.78 is 4.68. The number of phenols is 1. The molecular weight excluding hydrogens is 440 g/mol. The second-order valence-electron chi connectivity index (χ2n) is 7.70. The lowest BCUT2D eigenvalue weighted by Crippen LogP contribution is -2.52. The summed E-state index contributed by atoms with van der Waals surface area (Å²) in [6, 6.07) is 3.68. The van der Waals surface area contributed by atoms with E-state index in [1.54, 1.807) is 12.1 Å². The molecule has 1 rings (SSSR count). The number of halogens is 1. The van der Waals surface area contributed by atoms with E-state index in [1.165, 1.54) is 26.2 Å². The summed E-state index contributed by atoms with van der Waals surface area (Å²) in [7, 11) is 1.24. The Morgan fingerprint density at radius 1 is 1.03 bits per heavy atom. The number of ether oxygens (including phenoxy) is 1. The van der Waals surface area contributed by atoms with E-state index in [0.717, 1.165) is 5.56 Å². The number of carbonyl (C=O) groups excluding carboxylic acids is 4. The van der Waals surface area contributed by atoms with Crippen LogP contribution in [0.15, 0.2) is 24.3 Å². The van der Waals surface area contributed by atoms with Crippen molar-refractivity contribution < 1.29 is 29.0 Å². The minimum atomic E-state index is -0.918. The molecule has 10 nitrogen and oxygen atoms in total. The van der Waals surface area contributed by atoms with Gasteiger partial charge >= 0.3 is 5.97 Å². The number of nitrogens with two attached hydrogens (primary N) is 1. The molecule has 0 aromatic heterocycles. The van der Waals surface area contributed by atoms with Crippen molar-refractivity contribution in [3.63, 3.8) is 0 Å². The molecule has 0 saturated carbocycles. The minimum absolute atomic E-state index is 0. The fourth-order valence-corrected chi connectivity index (χ4v) is 2.76. The monoisotopic (exact) mass is 472 g/mol. The number of hydrogen-bond donors (Lipinski definition) is 5. The third kappa shape index (κ3) is 10.5. The van der Waals surface area contributed by atoms with Crippen molar-refractivity contribution in [2.75, 3.05) is 13.7 Å². The lowest BCUT2D eigenvalue weighted by atomic mass is 10.0. The van der Waals surface area contributed by atoms with Crippen LogP contribution in [0.4, 0.5) is 0 Å². The topological polar surface area (TPSA) is 160 Å². The summed E-state index contributed by atoms with van der Waals surface area (Å²) in [4.78, 5) is 48.3. The van der Waals surface area contributed by atoms with Crippen molar-refractivity contribution in [1.82, 2.24) is 16.0 Å². The number of methoxy groups -OCH3 is 1. The van der Waals surface area contributed by atoms with Crippen LogP contribution >= 0.6 is 12.4 Å². The molecule has 6 N–H and O–H groups in total. The van der Waals surface area contributed by atoms with Gasteiger partial charge in [-0.1, -0.05) is 26.0 Å². The fraction of sp³-hybridized carbons (Fsp3) is 0.524. The summed E-state index contributed by atoms with van der Waals surface area (Å²) in [5.74, 6) is -1.94. The van der Waals surface area contributed by atoms with E-state index in [9.17, 15) is 24.3 Å². The zero-order valence-corrected chi connectivity index (χ0v) is 19.5. The number of aromatic hydroxyl groups is 1. The quantitative estimate of drug-likeness (QED) is 0.283. The summed E-state index contributed by atoms with van der Waals surface area (Å²) >= 11 is 0. The number of carbonyl (C=O) groups is 4. The number of hydrogen-bond acceptors (Lipinski definition) is 7. The van der Waals surface area contributed by atoms with Gasteiger partial charge in [0.05, 0.1) is 19.7 Å². The summed E-state index contributed by atoms with van der Waals surface area (Å²) in [6.45, 7) is 4.92. The van der Waals surface area contributed by atoms with Crippen LogP contribution in [0.5, 0.6) is 5.75 Å². The third-order valence-electron chi connectivity index (χ3n) is 4.43. The summed E-state index contributed by atoms with van der Waals surface area (Å²) in [6.07, 6.45) is 0.630. The molecule has 0 aliphatic carbocycles. The van der Waals surface area contributed by atoms with Crippen LogP contribution < -0.4 is 21.7 Å². The van der Waals surface area contributed by atoms with Crippen LogP contribution in [0.2, 0.25) is 0 Å². The van der Waals surface area contributed by atoms with Gasteiger partial charge in [0.15, 0.2) is 0 Å². The Kier molecular flexibility index (Phi) is 13.0. The van der Waals surface area contributed by atoms with Gasteiger partial charge in [-0.3, -0.25) is 14.4 Å². The maximum atomic E-state index is 12.2. The highest BCUT2D eigenvalue weighted by Gasteiger charge is 2.24. The van der Waals surface area contributed by atoms with Crippen LogP contribution in [0, 0.1) is 5.92 Å². The second-order valence-corrected chi connectivity index (χ2v) is 7.70. The van der Waals surface area contributed by atoms with Crippen molar-refractivity contribution >= 4 is 36.1 Å². The van der Waals surface area contributed by atoms with Crippen LogP contribution in [0.3, 0.4) is 0 Å². The van der Waals surface area contributed by atoms with Gasteiger partial charge in [-0.15, -0.1) is 12.4 Å². The number of esters is 1. The zero-order valence-electron chi connectivity index (χ0n) is 18.7. The van der Waals surface area contributed by atoms with Crippen molar-refractivity contribution in [2.24, 2.45) is 11.7 Å². The van der Waals surface area contributed by atoms with Gasteiger partial charge in [0.1, 0.15) is 17.8 Å². The molecule has 0 fully saturated rings. The maximum absolute atomic E-state index is 12.2. The number of phenolic OH excluding ortho intramolecular Hbond substituents is 1. The molecular formula is C21H33ClN4O6. The lowest BCUT2D eigenvalue weighted by molar-refractivity contribution is -0.145. The van der Waals surface area contributed by atoms with Gasteiger partial charge in [-0.2, -0.15) is 0 Å². The zero-order chi connectivity index (χ0) is 23.6. The largest absolute Gasteiger partial charge is 0.508 e. The van der Waals surface area contributed by atoms with Crippen molar-refractivity contribution in [3.8, 4) is 5.75 Å². The van der Waals surface area contributed by atoms with Crippen molar-refractivity contribution in [2.45, 2.75) is 51.7 Å². The maximum Gasteiger partial charge on any atom is 0.328 e. The predicted octanol–water partition coefficient (Wildman–Crippen LogP) is 0.00860. The normalized spacial score (nSPS) is 13.2. The van der Waals surface area contributed by atoms with Crippen LogP contribution in [-0.2, 0) is 30.3 Å². The van der Waals surface area contributed by atoms with Gasteiger partial charge in [-0.05, 0) is 43.4 Å². The van der Waals surface area contributed by atoms with Gasteiger partial charge < -0.3 is 31.5 Å². The standard InChI is InChI=1S/C21H32N4O6.ClH/c1-12(2)9-17(21(30)31-4)25-18(27)11-23-19(28)13(3)24-20(29)16(22)10-14-5-7-15(26)8-6-14;/h5-8,12-13,16-17,26H,9-11,22H2,1-4H3,(H,23,28)(H,24,29)(H,25,27);1H. The molecule has 0 spiro atoms. The average Bonchev–Trinajstić information content (AvgIpc) is 2.71. The number of benzene rings is 1. The highest BCUT2D eigenvalue weighted by atomic mass is 35.5. The highest BCUT2D eigenvalue weighted by molar-refractivity contribution is 5.92. The molecule has 0 heterocycles. The SMILES string of the molecule is COC(=O)C(CC(C)C)NC(=O)CNC(=O)C(C)NC(=O)C(N)Cc1ccc(O)cc1.Cl. The molecule has 0 aliphatic heterocycles. The van der Waals surface area contributed by atoms with Crippen LogP contribution in [0.25, 0.3) is 0 Å². The first kappa shape index (κ1) is 29.1. The first-order valence-electron chi connectivity index (χ1n) is 10.0. The Bertz CT molecular complexity index is 772. The second kappa shape index (κ2) is 14.3. The predicted molar refractivity (Wildman–Crippen MR) is 121 cm³/mol. The molecule has 3 atom stereocenters. The van der Waals surface area contributed by atoms with E-state index in [0.29, 0.717) is 6.42 Å². The molecule has 1 aromatic carbocycles. The molecule has 0 aliphatic rings. The first-order chi connectivity index (χ1) is 14.5. The Morgan fingerprint density at radius 2 is 1.62 bits per heavy atom. The smallest absolute Gasteiger partial charge is 0.328 e. The van der Waals surface area contributed by atoms with Crippen molar-refractivity contribution in [1.29, 1.82) is 0 Å². The Hall–Kier alpha value is -2.85. The third-order valence-corrected chi connectivity index (χ3v) is 4.43. The van der Waals surface area contributed by atoms with Crippen LogP contribution in [0.1, 0.15) is 32.8 Å². The molecule has 0 radical (unpaired) electrons. The van der Waals surface area contributed by atoms with Gasteiger partial charge in [0.2, 0.25) is 17.7 Å². The molecule has 3 unspecified atom stereocenters. The molecule has 11 heteroatoms. The average molecular weight is 473 g/mol. The van der Waals surface area contributed by atoms with E-state index in [2.05, 4.69) is 20.7 Å². The lowest BCUT2D eigenvalue weighted by Gasteiger charge is -2.19. The molecule has 3 amide bonds. The Morgan fingerprint density at radius 3 is 2.16 bits per heavy atom. The van der Waals surface area contributed by atoms with E-state index >= 15 is 0 Å². The van der Waals surface area contributed by atoms with Gasteiger partial charge in [0, 0.05) is 0 Å². The Balaban J connectivity index is 0.00000961. The van der Waals surface area contributed by atoms with E-state index in [-0.39, 0.29) is 37.0 Å². The number of rotatable bonds is 11. The van der Waals surface area contributed by atoms with Crippen molar-refractivity contribution in [3.05, 3.63) is 29.8 Å². The van der Waals surface area contributed by atoms with Gasteiger partial charge in [0.25, 0.3) is 0 Å².